The number of nitrogens with two attached hydrogens (primary N) is 1. The van der Waals surface area contributed by atoms with Crippen molar-refractivity contribution >= 4 is 33.6 Å². The van der Waals surface area contributed by atoms with Gasteiger partial charge in [-0.25, -0.2) is 4.68 Å². The highest BCUT2D eigenvalue weighted by atomic mass is 79.9. The predicted octanol–water partition coefficient (Wildman–Crippen LogP) is 3.79. The number of benzene rings is 2. The molecule has 0 bridgehead atoms. The SMILES string of the molecule is Nn1c(COc2cccc(Br)c2)nnc1S[C@@H](C(=O)N1CCCC1)c1ccccc1. The van der Waals surface area contributed by atoms with Crippen LogP contribution in [0, 0.1) is 0 Å². The minimum absolute atomic E-state index is 0.0821. The lowest BCUT2D eigenvalue weighted by Crippen LogP contribution is -2.31. The smallest absolute Gasteiger partial charge is 0.240 e. The molecule has 3 aromatic rings. The second kappa shape index (κ2) is 9.53. The van der Waals surface area contributed by atoms with Crippen molar-refractivity contribution < 1.29 is 9.53 Å². The summed E-state index contributed by atoms with van der Waals surface area (Å²) in [5.74, 6) is 7.50. The van der Waals surface area contributed by atoms with E-state index in [1.54, 1.807) is 0 Å². The first-order valence-corrected chi connectivity index (χ1v) is 11.4. The summed E-state index contributed by atoms with van der Waals surface area (Å²) in [6.45, 7) is 1.77. The van der Waals surface area contributed by atoms with Crippen molar-refractivity contribution in [3.8, 4) is 5.75 Å². The zero-order chi connectivity index (χ0) is 20.9. The van der Waals surface area contributed by atoms with E-state index >= 15 is 0 Å². The van der Waals surface area contributed by atoms with Crippen molar-refractivity contribution in [3.05, 3.63) is 70.5 Å². The van der Waals surface area contributed by atoms with Crippen LogP contribution in [0.25, 0.3) is 0 Å². The maximum atomic E-state index is 13.2. The molecule has 2 N–H and O–H groups in total. The fraction of sp³-hybridized carbons (Fsp3) is 0.286. The van der Waals surface area contributed by atoms with E-state index in [0.717, 1.165) is 36.0 Å². The van der Waals surface area contributed by atoms with Crippen LogP contribution in [0.5, 0.6) is 5.75 Å². The minimum atomic E-state index is -0.422. The lowest BCUT2D eigenvalue weighted by molar-refractivity contribution is -0.129. The van der Waals surface area contributed by atoms with Crippen LogP contribution in [0.15, 0.2) is 64.2 Å². The molecule has 0 spiro atoms. The topological polar surface area (TPSA) is 86.3 Å². The monoisotopic (exact) mass is 487 g/mol. The summed E-state index contributed by atoms with van der Waals surface area (Å²) in [6.07, 6.45) is 2.09. The van der Waals surface area contributed by atoms with Gasteiger partial charge in [0, 0.05) is 17.6 Å². The van der Waals surface area contributed by atoms with Gasteiger partial charge in [-0.1, -0.05) is 64.1 Å². The van der Waals surface area contributed by atoms with Gasteiger partial charge < -0.3 is 15.5 Å². The van der Waals surface area contributed by atoms with Crippen LogP contribution < -0.4 is 10.6 Å². The number of halogens is 1. The Kier molecular flexibility index (Phi) is 6.59. The van der Waals surface area contributed by atoms with E-state index in [4.69, 9.17) is 10.6 Å². The molecule has 0 radical (unpaired) electrons. The Labute approximate surface area is 187 Å². The maximum Gasteiger partial charge on any atom is 0.240 e. The van der Waals surface area contributed by atoms with E-state index in [1.807, 2.05) is 59.5 Å². The quantitative estimate of drug-likeness (QED) is 0.403. The van der Waals surface area contributed by atoms with Crippen molar-refractivity contribution in [1.29, 1.82) is 0 Å². The molecule has 1 saturated heterocycles. The largest absolute Gasteiger partial charge is 0.485 e. The number of nitrogen functional groups attached to an aromatic ring is 1. The highest BCUT2D eigenvalue weighted by Gasteiger charge is 2.30. The van der Waals surface area contributed by atoms with E-state index in [-0.39, 0.29) is 12.5 Å². The molecule has 0 aliphatic carbocycles. The minimum Gasteiger partial charge on any atom is -0.485 e. The second-order valence-corrected chi connectivity index (χ2v) is 8.94. The second-order valence-electron chi connectivity index (χ2n) is 6.96. The third kappa shape index (κ3) is 4.79. The number of aromatic nitrogens is 3. The van der Waals surface area contributed by atoms with Gasteiger partial charge in [0.05, 0.1) is 0 Å². The number of rotatable bonds is 7. The van der Waals surface area contributed by atoms with Gasteiger partial charge in [0.2, 0.25) is 11.1 Å². The molecule has 30 heavy (non-hydrogen) atoms. The highest BCUT2D eigenvalue weighted by Crippen LogP contribution is 2.36. The molecule has 1 atom stereocenters. The molecule has 1 fully saturated rings. The van der Waals surface area contributed by atoms with E-state index in [1.165, 1.54) is 16.4 Å². The molecule has 1 aromatic heterocycles. The molecule has 2 heterocycles. The normalized spacial score (nSPS) is 14.6. The number of hydrogen-bond acceptors (Lipinski definition) is 6. The van der Waals surface area contributed by atoms with Crippen LogP contribution in [-0.2, 0) is 11.4 Å². The number of hydrogen-bond donors (Lipinski definition) is 1. The molecule has 0 saturated carbocycles. The number of carbonyl (C=O) groups is 1. The van der Waals surface area contributed by atoms with E-state index < -0.39 is 5.25 Å². The summed E-state index contributed by atoms with van der Waals surface area (Å²) in [5.41, 5.74) is 0.925. The van der Waals surface area contributed by atoms with Crippen molar-refractivity contribution in [2.24, 2.45) is 0 Å². The number of carbonyl (C=O) groups excluding carboxylic acids is 1. The molecule has 1 aliphatic rings. The van der Waals surface area contributed by atoms with E-state index in [9.17, 15) is 4.79 Å². The number of nitrogens with zero attached hydrogens (tertiary/aromatic N) is 4. The molecule has 9 heteroatoms. The molecule has 156 valence electrons. The Bertz CT molecular complexity index is 1010. The Morgan fingerprint density at radius 3 is 2.63 bits per heavy atom. The third-order valence-corrected chi connectivity index (χ3v) is 6.56. The molecular weight excluding hydrogens is 466 g/mol. The van der Waals surface area contributed by atoms with Crippen molar-refractivity contribution in [1.82, 2.24) is 19.8 Å². The molecular formula is C21H22BrN5O2S. The molecule has 4 rings (SSSR count). The average Bonchev–Trinajstić information content (AvgIpc) is 3.41. The lowest BCUT2D eigenvalue weighted by atomic mass is 10.1. The molecule has 2 aromatic carbocycles. The zero-order valence-corrected chi connectivity index (χ0v) is 18.7. The summed E-state index contributed by atoms with van der Waals surface area (Å²) in [7, 11) is 0. The van der Waals surface area contributed by atoms with Gasteiger partial charge in [-0.2, -0.15) is 0 Å². The summed E-state index contributed by atoms with van der Waals surface area (Å²) < 4.78 is 8.09. The van der Waals surface area contributed by atoms with Crippen LogP contribution in [0.3, 0.4) is 0 Å². The number of likely N-dealkylation sites (tertiary alicyclic amines) is 1. The van der Waals surface area contributed by atoms with Crippen LogP contribution in [0.1, 0.15) is 29.5 Å². The summed E-state index contributed by atoms with van der Waals surface area (Å²) in [5, 5.41) is 8.43. The van der Waals surface area contributed by atoms with Gasteiger partial charge in [-0.05, 0) is 36.6 Å². The van der Waals surface area contributed by atoms with Crippen LogP contribution in [0.4, 0.5) is 0 Å². The van der Waals surface area contributed by atoms with Gasteiger partial charge in [0.15, 0.2) is 5.82 Å². The van der Waals surface area contributed by atoms with Gasteiger partial charge in [-0.15, -0.1) is 10.2 Å². The maximum absolute atomic E-state index is 13.2. The first kappa shape index (κ1) is 20.7. The lowest BCUT2D eigenvalue weighted by Gasteiger charge is -2.22. The number of amides is 1. The number of thioether (sulfide) groups is 1. The van der Waals surface area contributed by atoms with Crippen LogP contribution in [-0.4, -0.2) is 38.8 Å². The predicted molar refractivity (Wildman–Crippen MR) is 120 cm³/mol. The van der Waals surface area contributed by atoms with Gasteiger partial charge in [-0.3, -0.25) is 4.79 Å². The van der Waals surface area contributed by atoms with Crippen LogP contribution in [0.2, 0.25) is 0 Å². The van der Waals surface area contributed by atoms with Crippen molar-refractivity contribution in [2.75, 3.05) is 18.9 Å². The van der Waals surface area contributed by atoms with Crippen molar-refractivity contribution in [3.63, 3.8) is 0 Å². The summed E-state index contributed by atoms with van der Waals surface area (Å²) in [6, 6.07) is 17.3. The third-order valence-electron chi connectivity index (χ3n) is 4.87. The Morgan fingerprint density at radius 2 is 1.90 bits per heavy atom. The Balaban J connectivity index is 1.51. The van der Waals surface area contributed by atoms with Crippen molar-refractivity contribution in [2.45, 2.75) is 29.9 Å². The van der Waals surface area contributed by atoms with Gasteiger partial charge >= 0.3 is 0 Å². The fourth-order valence-corrected chi connectivity index (χ4v) is 4.73. The molecule has 7 nitrogen and oxygen atoms in total. The van der Waals surface area contributed by atoms with Gasteiger partial charge in [0.25, 0.3) is 0 Å². The summed E-state index contributed by atoms with van der Waals surface area (Å²) >= 11 is 4.74. The highest BCUT2D eigenvalue weighted by molar-refractivity contribution is 9.10. The average molecular weight is 488 g/mol. The van der Waals surface area contributed by atoms with Crippen LogP contribution >= 0.6 is 27.7 Å². The standard InChI is InChI=1S/C21H22BrN5O2S/c22-16-9-6-10-17(13-16)29-14-18-24-25-21(27(18)23)30-19(15-7-2-1-3-8-15)20(28)26-11-4-5-12-26/h1-3,6-10,13,19H,4-5,11-12,14,23H2/t19-/m1/s1. The Hall–Kier alpha value is -2.52. The molecule has 1 aliphatic heterocycles. The van der Waals surface area contributed by atoms with E-state index in [0.29, 0.717) is 16.7 Å². The zero-order valence-electron chi connectivity index (χ0n) is 16.3. The fourth-order valence-electron chi connectivity index (χ4n) is 3.29. The first-order chi connectivity index (χ1) is 14.6. The van der Waals surface area contributed by atoms with Gasteiger partial charge in [0.1, 0.15) is 17.6 Å². The molecule has 1 amide bonds. The van der Waals surface area contributed by atoms with E-state index in [2.05, 4.69) is 26.1 Å². The first-order valence-electron chi connectivity index (χ1n) is 9.70. The Morgan fingerprint density at radius 1 is 1.13 bits per heavy atom. The molecule has 0 unspecified atom stereocenters. The summed E-state index contributed by atoms with van der Waals surface area (Å²) in [4.78, 5) is 15.1. The number of ether oxygens (including phenoxy) is 1.